The van der Waals surface area contributed by atoms with Gasteiger partial charge in [-0.15, -0.1) is 0 Å². The summed E-state index contributed by atoms with van der Waals surface area (Å²) in [5.74, 6) is 1.03. The first-order valence-corrected chi connectivity index (χ1v) is 5.49. The van der Waals surface area contributed by atoms with E-state index in [0.29, 0.717) is 18.9 Å². The number of carbonyl (C=O) groups is 1. The summed E-state index contributed by atoms with van der Waals surface area (Å²) in [6.45, 7) is 2.53. The van der Waals surface area contributed by atoms with Crippen LogP contribution in [0, 0.1) is 0 Å². The van der Waals surface area contributed by atoms with E-state index in [4.69, 9.17) is 14.2 Å². The average molecular weight is 237 g/mol. The molecule has 1 aromatic rings. The van der Waals surface area contributed by atoms with Gasteiger partial charge in [-0.3, -0.25) is 0 Å². The second kappa shape index (κ2) is 4.95. The van der Waals surface area contributed by atoms with Crippen molar-refractivity contribution in [3.63, 3.8) is 0 Å². The van der Waals surface area contributed by atoms with Crippen LogP contribution in [0.2, 0.25) is 0 Å². The molecule has 0 bridgehead atoms. The number of nitrogens with one attached hydrogen (secondary N) is 1. The Balaban J connectivity index is 2.11. The van der Waals surface area contributed by atoms with Gasteiger partial charge in [0.25, 0.3) is 0 Å². The van der Waals surface area contributed by atoms with Gasteiger partial charge in [-0.1, -0.05) is 0 Å². The number of anilines is 1. The molecule has 1 unspecified atom stereocenters. The van der Waals surface area contributed by atoms with Gasteiger partial charge in [0.05, 0.1) is 25.9 Å². The summed E-state index contributed by atoms with van der Waals surface area (Å²) < 4.78 is 15.6. The molecule has 17 heavy (non-hydrogen) atoms. The van der Waals surface area contributed by atoms with E-state index < -0.39 is 6.10 Å². The van der Waals surface area contributed by atoms with Crippen molar-refractivity contribution in [2.75, 3.05) is 25.6 Å². The molecule has 5 heteroatoms. The topological polar surface area (TPSA) is 56.8 Å². The van der Waals surface area contributed by atoms with Gasteiger partial charge >= 0.3 is 5.97 Å². The van der Waals surface area contributed by atoms with Gasteiger partial charge in [0.15, 0.2) is 0 Å². The fourth-order valence-electron chi connectivity index (χ4n) is 1.64. The number of rotatable bonds is 3. The predicted octanol–water partition coefficient (Wildman–Crippen LogP) is 1.43. The largest absolute Gasteiger partial charge is 0.497 e. The van der Waals surface area contributed by atoms with E-state index in [9.17, 15) is 4.79 Å². The molecule has 0 saturated carbocycles. The van der Waals surface area contributed by atoms with Crippen molar-refractivity contribution in [2.24, 2.45) is 0 Å². The summed E-state index contributed by atoms with van der Waals surface area (Å²) in [6.07, 6.45) is -0.587. The zero-order valence-electron chi connectivity index (χ0n) is 9.86. The number of benzene rings is 1. The minimum Gasteiger partial charge on any atom is -0.497 e. The first-order valence-electron chi connectivity index (χ1n) is 5.49. The molecule has 1 aromatic carbocycles. The molecule has 1 heterocycles. The van der Waals surface area contributed by atoms with Crippen LogP contribution in [-0.4, -0.2) is 32.3 Å². The molecule has 0 amide bonds. The minimum atomic E-state index is -0.587. The van der Waals surface area contributed by atoms with Crippen molar-refractivity contribution >= 4 is 11.7 Å². The molecule has 0 aromatic heterocycles. The summed E-state index contributed by atoms with van der Waals surface area (Å²) in [5.41, 5.74) is 0.824. The molecule has 1 aliphatic heterocycles. The van der Waals surface area contributed by atoms with Gasteiger partial charge in [-0.05, 0) is 19.1 Å². The maximum atomic E-state index is 11.5. The van der Waals surface area contributed by atoms with Crippen LogP contribution in [0.15, 0.2) is 18.2 Å². The van der Waals surface area contributed by atoms with Crippen molar-refractivity contribution in [3.05, 3.63) is 18.2 Å². The van der Waals surface area contributed by atoms with Crippen LogP contribution < -0.4 is 14.8 Å². The third kappa shape index (κ3) is 2.43. The molecule has 1 N–H and O–H groups in total. The number of esters is 1. The lowest BCUT2D eigenvalue weighted by atomic mass is 10.2. The molecule has 2 rings (SSSR count). The van der Waals surface area contributed by atoms with Gasteiger partial charge in [0.2, 0.25) is 6.10 Å². The lowest BCUT2D eigenvalue weighted by Gasteiger charge is -2.26. The average Bonchev–Trinajstić information content (AvgIpc) is 2.37. The van der Waals surface area contributed by atoms with Gasteiger partial charge < -0.3 is 19.5 Å². The Kier molecular flexibility index (Phi) is 3.37. The molecule has 0 spiro atoms. The summed E-state index contributed by atoms with van der Waals surface area (Å²) in [7, 11) is 1.60. The molecule has 92 valence electrons. The van der Waals surface area contributed by atoms with Crippen LogP contribution in [-0.2, 0) is 9.53 Å². The molecule has 0 aliphatic carbocycles. The van der Waals surface area contributed by atoms with Crippen LogP contribution in [0.3, 0.4) is 0 Å². The van der Waals surface area contributed by atoms with Crippen molar-refractivity contribution in [2.45, 2.75) is 13.0 Å². The minimum absolute atomic E-state index is 0.346. The third-order valence-electron chi connectivity index (χ3n) is 2.48. The third-order valence-corrected chi connectivity index (χ3v) is 2.48. The molecule has 5 nitrogen and oxygen atoms in total. The van der Waals surface area contributed by atoms with Crippen LogP contribution >= 0.6 is 0 Å². The summed E-state index contributed by atoms with van der Waals surface area (Å²) >= 11 is 0. The highest BCUT2D eigenvalue weighted by molar-refractivity contribution is 5.78. The van der Waals surface area contributed by atoms with Gasteiger partial charge in [0.1, 0.15) is 11.5 Å². The monoisotopic (exact) mass is 237 g/mol. The van der Waals surface area contributed by atoms with Crippen molar-refractivity contribution in [1.82, 2.24) is 0 Å². The van der Waals surface area contributed by atoms with Crippen molar-refractivity contribution in [1.29, 1.82) is 0 Å². The maximum absolute atomic E-state index is 11.5. The van der Waals surface area contributed by atoms with Gasteiger partial charge in [-0.25, -0.2) is 4.79 Å². The van der Waals surface area contributed by atoms with Crippen molar-refractivity contribution in [3.8, 4) is 11.5 Å². The highest BCUT2D eigenvalue weighted by Gasteiger charge is 2.27. The van der Waals surface area contributed by atoms with E-state index in [1.165, 1.54) is 0 Å². The lowest BCUT2D eigenvalue weighted by Crippen LogP contribution is -2.38. The van der Waals surface area contributed by atoms with E-state index in [0.717, 1.165) is 11.4 Å². The summed E-state index contributed by atoms with van der Waals surface area (Å²) in [6, 6.07) is 5.39. The second-order valence-corrected chi connectivity index (χ2v) is 3.60. The number of carbonyl (C=O) groups excluding carboxylic acids is 1. The Bertz CT molecular complexity index is 419. The van der Waals surface area contributed by atoms with Crippen LogP contribution in [0.1, 0.15) is 6.92 Å². The Labute approximate surface area is 99.7 Å². The lowest BCUT2D eigenvalue weighted by molar-refractivity contribution is -0.150. The molecular formula is C12H15NO4. The zero-order valence-corrected chi connectivity index (χ0v) is 9.86. The zero-order chi connectivity index (χ0) is 12.3. The number of ether oxygens (including phenoxy) is 3. The molecule has 0 fully saturated rings. The molecule has 0 saturated heterocycles. The first-order chi connectivity index (χ1) is 8.24. The highest BCUT2D eigenvalue weighted by Crippen LogP contribution is 2.32. The van der Waals surface area contributed by atoms with E-state index >= 15 is 0 Å². The quantitative estimate of drug-likeness (QED) is 0.806. The van der Waals surface area contributed by atoms with Crippen molar-refractivity contribution < 1.29 is 19.0 Å². The SMILES string of the molecule is CCOC(=O)C1CNc2cc(OC)ccc2O1. The Morgan fingerprint density at radius 1 is 1.59 bits per heavy atom. The van der Waals surface area contributed by atoms with Crippen LogP contribution in [0.5, 0.6) is 11.5 Å². The molecular weight excluding hydrogens is 222 g/mol. The van der Waals surface area contributed by atoms with Crippen LogP contribution in [0.25, 0.3) is 0 Å². The predicted molar refractivity (Wildman–Crippen MR) is 62.5 cm³/mol. The van der Waals surface area contributed by atoms with E-state index in [1.807, 2.05) is 6.07 Å². The molecule has 1 aliphatic rings. The highest BCUT2D eigenvalue weighted by atomic mass is 16.6. The molecule has 1 atom stereocenters. The Morgan fingerprint density at radius 3 is 3.12 bits per heavy atom. The number of methoxy groups -OCH3 is 1. The molecule has 0 radical (unpaired) electrons. The fraction of sp³-hybridized carbons (Fsp3) is 0.417. The fourth-order valence-corrected chi connectivity index (χ4v) is 1.64. The smallest absolute Gasteiger partial charge is 0.349 e. The Morgan fingerprint density at radius 2 is 2.41 bits per heavy atom. The number of fused-ring (bicyclic) bond motifs is 1. The normalized spacial score (nSPS) is 17.4. The van der Waals surface area contributed by atoms with Crippen LogP contribution in [0.4, 0.5) is 5.69 Å². The van der Waals surface area contributed by atoms with Gasteiger partial charge in [-0.2, -0.15) is 0 Å². The summed E-state index contributed by atoms with van der Waals surface area (Å²) in [5, 5.41) is 3.12. The first kappa shape index (κ1) is 11.6. The second-order valence-electron chi connectivity index (χ2n) is 3.60. The number of hydrogen-bond donors (Lipinski definition) is 1. The summed E-state index contributed by atoms with van der Waals surface area (Å²) in [4.78, 5) is 11.5. The van der Waals surface area contributed by atoms with Gasteiger partial charge in [0, 0.05) is 6.07 Å². The van der Waals surface area contributed by atoms with E-state index in [-0.39, 0.29) is 5.97 Å². The number of hydrogen-bond acceptors (Lipinski definition) is 5. The maximum Gasteiger partial charge on any atom is 0.349 e. The standard InChI is InChI=1S/C12H15NO4/c1-3-16-12(14)11-7-13-9-6-8(15-2)4-5-10(9)17-11/h4-6,11,13H,3,7H2,1-2H3. The van der Waals surface area contributed by atoms with E-state index in [1.54, 1.807) is 26.2 Å². The Hall–Kier alpha value is -1.91. The van der Waals surface area contributed by atoms with E-state index in [2.05, 4.69) is 5.32 Å².